The van der Waals surface area contributed by atoms with Crippen molar-refractivity contribution in [3.05, 3.63) is 109 Å². The molecular weight excluding hydrogens is 985 g/mol. The number of rotatable bonds is 61. The highest BCUT2D eigenvalue weighted by Gasteiger charge is 2.19. The van der Waals surface area contributed by atoms with Crippen LogP contribution in [-0.2, 0) is 28.6 Å². The van der Waals surface area contributed by atoms with E-state index in [-0.39, 0.29) is 31.1 Å². The Morgan fingerprint density at radius 3 is 0.775 bits per heavy atom. The van der Waals surface area contributed by atoms with Gasteiger partial charge in [-0.05, 0) is 128 Å². The Morgan fingerprint density at radius 2 is 0.487 bits per heavy atom. The lowest BCUT2D eigenvalue weighted by Crippen LogP contribution is -2.30. The third kappa shape index (κ3) is 64.9. The van der Waals surface area contributed by atoms with E-state index in [1.165, 1.54) is 167 Å². The van der Waals surface area contributed by atoms with E-state index < -0.39 is 6.10 Å². The lowest BCUT2D eigenvalue weighted by atomic mass is 10.0. The van der Waals surface area contributed by atoms with E-state index in [1.807, 2.05) is 0 Å². The number of hydrogen-bond acceptors (Lipinski definition) is 6. The molecule has 0 aromatic rings. The Balaban J connectivity index is 4.20. The summed E-state index contributed by atoms with van der Waals surface area (Å²) >= 11 is 0. The summed E-state index contributed by atoms with van der Waals surface area (Å²) < 4.78 is 16.9. The van der Waals surface area contributed by atoms with E-state index >= 15 is 0 Å². The normalized spacial score (nSPS) is 12.8. The molecule has 0 radical (unpaired) electrons. The Kier molecular flexibility index (Phi) is 64.3. The first-order valence-corrected chi connectivity index (χ1v) is 33.9. The molecule has 0 amide bonds. The number of carbonyl (C=O) groups excluding carboxylic acids is 3. The second-order valence-electron chi connectivity index (χ2n) is 22.3. The number of hydrogen-bond donors (Lipinski definition) is 0. The Morgan fingerprint density at radius 1 is 0.263 bits per heavy atom. The molecule has 0 aliphatic heterocycles. The van der Waals surface area contributed by atoms with Crippen LogP contribution in [0.25, 0.3) is 0 Å². The molecule has 1 unspecified atom stereocenters. The second-order valence-corrected chi connectivity index (χ2v) is 22.3. The molecule has 0 N–H and O–H groups in total. The van der Waals surface area contributed by atoms with E-state index in [4.69, 9.17) is 14.2 Å². The van der Waals surface area contributed by atoms with Gasteiger partial charge < -0.3 is 14.2 Å². The lowest BCUT2D eigenvalue weighted by Gasteiger charge is -2.18. The zero-order valence-corrected chi connectivity index (χ0v) is 52.6. The van der Waals surface area contributed by atoms with Crippen LogP contribution in [0.15, 0.2) is 109 Å². The van der Waals surface area contributed by atoms with Crippen molar-refractivity contribution in [2.45, 2.75) is 329 Å². The van der Waals surface area contributed by atoms with Crippen LogP contribution in [0, 0.1) is 0 Å². The maximum absolute atomic E-state index is 12.9. The van der Waals surface area contributed by atoms with E-state index in [0.717, 1.165) is 116 Å². The van der Waals surface area contributed by atoms with Gasteiger partial charge in [0.1, 0.15) is 13.2 Å². The molecule has 0 saturated carbocycles. The van der Waals surface area contributed by atoms with Gasteiger partial charge in [-0.25, -0.2) is 0 Å². The van der Waals surface area contributed by atoms with Crippen molar-refractivity contribution in [2.24, 2.45) is 0 Å². The molecule has 80 heavy (non-hydrogen) atoms. The van der Waals surface area contributed by atoms with Crippen molar-refractivity contribution in [3.8, 4) is 0 Å². The predicted molar refractivity (Wildman–Crippen MR) is 348 cm³/mol. The standard InChI is InChI=1S/C74H126O6/c1-4-7-10-13-16-19-22-25-27-29-30-31-32-33-34-35-36-37-38-39-40-41-42-43-44-46-47-49-52-55-58-61-64-67-73(76)79-70-71(69-78-72(75)66-63-60-57-54-51-24-21-18-15-12-9-6-3)80-74(77)68-65-62-59-56-53-50-48-45-28-26-23-20-17-14-11-8-5-2/h7,10,16-21,25-28,30-31,33-34,36-37,71H,4-6,8-9,11-15,22-24,29,32,35,38-70H2,1-3H3/b10-7-,19-16-,20-17-,21-18-,27-25-,28-26-,31-30-,34-33-,37-36-. The molecule has 6 heteroatoms. The Bertz CT molecular complexity index is 1610. The van der Waals surface area contributed by atoms with Crippen LogP contribution in [0.4, 0.5) is 0 Å². The van der Waals surface area contributed by atoms with Crippen LogP contribution in [0.5, 0.6) is 0 Å². The van der Waals surface area contributed by atoms with Gasteiger partial charge in [-0.3, -0.25) is 14.4 Å². The van der Waals surface area contributed by atoms with Gasteiger partial charge in [0.05, 0.1) is 0 Å². The monoisotopic (exact) mass is 1110 g/mol. The molecule has 0 aliphatic carbocycles. The zero-order chi connectivity index (χ0) is 57.8. The molecule has 0 saturated heterocycles. The third-order valence-electron chi connectivity index (χ3n) is 14.5. The molecule has 6 nitrogen and oxygen atoms in total. The fourth-order valence-corrected chi connectivity index (χ4v) is 9.41. The van der Waals surface area contributed by atoms with Crippen LogP contribution in [0.3, 0.4) is 0 Å². The van der Waals surface area contributed by atoms with Crippen molar-refractivity contribution < 1.29 is 28.6 Å². The fourth-order valence-electron chi connectivity index (χ4n) is 9.41. The Labute approximate surface area is 495 Å². The van der Waals surface area contributed by atoms with Crippen LogP contribution in [-0.4, -0.2) is 37.2 Å². The van der Waals surface area contributed by atoms with Gasteiger partial charge in [0, 0.05) is 19.3 Å². The lowest BCUT2D eigenvalue weighted by molar-refractivity contribution is -0.167. The highest BCUT2D eigenvalue weighted by Crippen LogP contribution is 2.16. The van der Waals surface area contributed by atoms with Crippen LogP contribution >= 0.6 is 0 Å². The van der Waals surface area contributed by atoms with E-state index in [0.29, 0.717) is 19.3 Å². The minimum atomic E-state index is -0.786. The van der Waals surface area contributed by atoms with Gasteiger partial charge in [-0.2, -0.15) is 0 Å². The van der Waals surface area contributed by atoms with E-state index in [1.54, 1.807) is 0 Å². The molecule has 458 valence electrons. The van der Waals surface area contributed by atoms with Crippen LogP contribution in [0.1, 0.15) is 323 Å². The Hall–Kier alpha value is -3.93. The highest BCUT2D eigenvalue weighted by atomic mass is 16.6. The van der Waals surface area contributed by atoms with Gasteiger partial charge in [-0.15, -0.1) is 0 Å². The second kappa shape index (κ2) is 67.6. The molecule has 0 heterocycles. The van der Waals surface area contributed by atoms with E-state index in [2.05, 4.69) is 130 Å². The predicted octanol–water partition coefficient (Wildman–Crippen LogP) is 23.4. The van der Waals surface area contributed by atoms with E-state index in [9.17, 15) is 14.4 Å². The molecule has 0 aromatic heterocycles. The highest BCUT2D eigenvalue weighted by molar-refractivity contribution is 5.71. The minimum Gasteiger partial charge on any atom is -0.462 e. The van der Waals surface area contributed by atoms with Gasteiger partial charge in [0.15, 0.2) is 6.10 Å². The number of unbranched alkanes of at least 4 members (excludes halogenated alkanes) is 32. The number of allylic oxidation sites excluding steroid dienone is 18. The third-order valence-corrected chi connectivity index (χ3v) is 14.5. The molecule has 0 bridgehead atoms. The van der Waals surface area contributed by atoms with Crippen LogP contribution in [0.2, 0.25) is 0 Å². The number of ether oxygens (including phenoxy) is 3. The maximum atomic E-state index is 12.9. The number of esters is 3. The topological polar surface area (TPSA) is 78.9 Å². The molecule has 0 aromatic carbocycles. The number of carbonyl (C=O) groups is 3. The average Bonchev–Trinajstić information content (AvgIpc) is 3.46. The van der Waals surface area contributed by atoms with Crippen LogP contribution < -0.4 is 0 Å². The summed E-state index contributed by atoms with van der Waals surface area (Å²) in [7, 11) is 0. The van der Waals surface area contributed by atoms with Crippen molar-refractivity contribution in [1.82, 2.24) is 0 Å². The van der Waals surface area contributed by atoms with Crippen molar-refractivity contribution in [2.75, 3.05) is 13.2 Å². The van der Waals surface area contributed by atoms with Crippen molar-refractivity contribution >= 4 is 17.9 Å². The first-order valence-electron chi connectivity index (χ1n) is 33.9. The summed E-state index contributed by atoms with van der Waals surface area (Å²) in [4.78, 5) is 38.3. The van der Waals surface area contributed by atoms with Gasteiger partial charge in [-0.1, -0.05) is 284 Å². The summed E-state index contributed by atoms with van der Waals surface area (Å²) in [6, 6.07) is 0. The maximum Gasteiger partial charge on any atom is 0.306 e. The molecule has 0 rings (SSSR count). The summed E-state index contributed by atoms with van der Waals surface area (Å²) in [6.07, 6.45) is 92.5. The first-order chi connectivity index (χ1) is 39.5. The SMILES string of the molecule is CC/C=C\C/C=C\C/C=C\C/C=C\C/C=C\C/C=C\CCCCCCCCCCCCCCCCC(=O)OCC(COC(=O)CCCCCCC/C=C\CCCCC)OC(=O)CCCCCCCCC/C=C\C/C=C\CCCCC. The molecule has 0 spiro atoms. The van der Waals surface area contributed by atoms with Gasteiger partial charge in [0.25, 0.3) is 0 Å². The summed E-state index contributed by atoms with van der Waals surface area (Å²) in [5.74, 6) is -0.890. The minimum absolute atomic E-state index is 0.0824. The molecule has 0 fully saturated rings. The summed E-state index contributed by atoms with van der Waals surface area (Å²) in [5.41, 5.74) is 0. The quantitative estimate of drug-likeness (QED) is 0.0261. The van der Waals surface area contributed by atoms with Crippen molar-refractivity contribution in [3.63, 3.8) is 0 Å². The summed E-state index contributed by atoms with van der Waals surface area (Å²) in [5, 5.41) is 0. The molecule has 0 aliphatic rings. The average molecular weight is 1110 g/mol. The smallest absolute Gasteiger partial charge is 0.306 e. The van der Waals surface area contributed by atoms with Crippen molar-refractivity contribution in [1.29, 1.82) is 0 Å². The van der Waals surface area contributed by atoms with Gasteiger partial charge >= 0.3 is 17.9 Å². The fraction of sp³-hybridized carbons (Fsp3) is 0.716. The summed E-state index contributed by atoms with van der Waals surface area (Å²) in [6.45, 7) is 6.49. The zero-order valence-electron chi connectivity index (χ0n) is 52.6. The molecular formula is C74H126O6. The largest absolute Gasteiger partial charge is 0.462 e. The first kappa shape index (κ1) is 76.1. The molecule has 1 atom stereocenters. The van der Waals surface area contributed by atoms with Gasteiger partial charge in [0.2, 0.25) is 0 Å².